The number of halogens is 1. The van der Waals surface area contributed by atoms with Crippen molar-refractivity contribution in [2.24, 2.45) is 0 Å². The molecular weight excluding hydrogens is 240 g/mol. The molecule has 90 valence electrons. The van der Waals surface area contributed by atoms with E-state index in [9.17, 15) is 5.11 Å². The van der Waals surface area contributed by atoms with E-state index < -0.39 is 6.10 Å². The minimum Gasteiger partial charge on any atom is -0.394 e. The van der Waals surface area contributed by atoms with Gasteiger partial charge in [-0.1, -0.05) is 17.7 Å². The van der Waals surface area contributed by atoms with Gasteiger partial charge < -0.3 is 15.5 Å². The van der Waals surface area contributed by atoms with E-state index in [0.717, 1.165) is 16.5 Å². The van der Waals surface area contributed by atoms with Crippen LogP contribution in [0.4, 0.5) is 5.69 Å². The van der Waals surface area contributed by atoms with Crippen LogP contribution in [0.3, 0.4) is 0 Å². The third-order valence-electron chi connectivity index (χ3n) is 2.44. The van der Waals surface area contributed by atoms with Crippen LogP contribution >= 0.6 is 11.6 Å². The summed E-state index contributed by atoms with van der Waals surface area (Å²) >= 11 is 5.82. The highest BCUT2D eigenvalue weighted by atomic mass is 35.5. The Labute approximate surface area is 104 Å². The van der Waals surface area contributed by atoms with Crippen molar-refractivity contribution in [3.8, 4) is 0 Å². The Morgan fingerprint density at radius 1 is 1.29 bits per heavy atom. The molecule has 0 saturated carbocycles. The van der Waals surface area contributed by atoms with E-state index in [-0.39, 0.29) is 6.61 Å². The van der Waals surface area contributed by atoms with E-state index in [1.165, 1.54) is 0 Å². The van der Waals surface area contributed by atoms with Crippen molar-refractivity contribution in [3.63, 3.8) is 0 Å². The largest absolute Gasteiger partial charge is 0.394 e. The maximum Gasteiger partial charge on any atom is 0.129 e. The topological polar surface area (TPSA) is 65.4 Å². The molecule has 0 amide bonds. The number of aliphatic hydroxyl groups is 2. The van der Waals surface area contributed by atoms with E-state index in [1.54, 1.807) is 12.3 Å². The van der Waals surface area contributed by atoms with Crippen molar-refractivity contribution < 1.29 is 10.2 Å². The van der Waals surface area contributed by atoms with Crippen LogP contribution in [-0.2, 0) is 0 Å². The van der Waals surface area contributed by atoms with Crippen molar-refractivity contribution in [2.75, 3.05) is 18.5 Å². The molecule has 1 unspecified atom stereocenters. The molecule has 0 spiro atoms. The van der Waals surface area contributed by atoms with Crippen molar-refractivity contribution in [1.29, 1.82) is 0 Å². The molecule has 0 saturated heterocycles. The molecular formula is C12H13ClN2O2. The lowest BCUT2D eigenvalue weighted by Crippen LogP contribution is -2.22. The SMILES string of the molecule is OCC(O)CNc1ccc2cnc(Cl)cc2c1. The van der Waals surface area contributed by atoms with Gasteiger partial charge in [-0.15, -0.1) is 0 Å². The van der Waals surface area contributed by atoms with Crippen molar-refractivity contribution in [1.82, 2.24) is 4.98 Å². The summed E-state index contributed by atoms with van der Waals surface area (Å²) in [7, 11) is 0. The smallest absolute Gasteiger partial charge is 0.129 e. The van der Waals surface area contributed by atoms with Gasteiger partial charge in [0.1, 0.15) is 5.15 Å². The molecule has 0 aliphatic heterocycles. The second kappa shape index (κ2) is 5.31. The molecule has 2 aromatic rings. The lowest BCUT2D eigenvalue weighted by Gasteiger charge is -2.10. The van der Waals surface area contributed by atoms with E-state index in [1.807, 2.05) is 18.2 Å². The van der Waals surface area contributed by atoms with Crippen LogP contribution in [0.1, 0.15) is 0 Å². The summed E-state index contributed by atoms with van der Waals surface area (Å²) in [5.74, 6) is 0. The molecule has 5 heteroatoms. The van der Waals surface area contributed by atoms with Gasteiger partial charge in [0.25, 0.3) is 0 Å². The predicted molar refractivity (Wildman–Crippen MR) is 68.3 cm³/mol. The van der Waals surface area contributed by atoms with Crippen LogP contribution < -0.4 is 5.32 Å². The molecule has 1 atom stereocenters. The Kier molecular flexibility index (Phi) is 3.78. The molecule has 0 bridgehead atoms. The van der Waals surface area contributed by atoms with Gasteiger partial charge in [0.2, 0.25) is 0 Å². The number of benzene rings is 1. The van der Waals surface area contributed by atoms with Gasteiger partial charge in [-0.05, 0) is 23.6 Å². The zero-order valence-electron chi connectivity index (χ0n) is 9.10. The zero-order chi connectivity index (χ0) is 12.3. The molecule has 1 aromatic heterocycles. The number of aromatic nitrogens is 1. The van der Waals surface area contributed by atoms with Crippen LogP contribution in [-0.4, -0.2) is 34.5 Å². The fourth-order valence-electron chi connectivity index (χ4n) is 1.52. The maximum absolute atomic E-state index is 9.23. The van der Waals surface area contributed by atoms with Crippen LogP contribution in [0.2, 0.25) is 5.15 Å². The highest BCUT2D eigenvalue weighted by Crippen LogP contribution is 2.20. The van der Waals surface area contributed by atoms with Gasteiger partial charge in [0.05, 0.1) is 12.7 Å². The average Bonchev–Trinajstić information content (AvgIpc) is 2.35. The summed E-state index contributed by atoms with van der Waals surface area (Å²) < 4.78 is 0. The lowest BCUT2D eigenvalue weighted by atomic mass is 10.1. The Morgan fingerprint density at radius 2 is 2.12 bits per heavy atom. The molecule has 17 heavy (non-hydrogen) atoms. The van der Waals surface area contributed by atoms with Crippen molar-refractivity contribution >= 4 is 28.1 Å². The quantitative estimate of drug-likeness (QED) is 0.724. The normalized spacial score (nSPS) is 12.6. The van der Waals surface area contributed by atoms with E-state index >= 15 is 0 Å². The minimum absolute atomic E-state index is 0.254. The first-order valence-corrected chi connectivity index (χ1v) is 5.65. The molecule has 0 aliphatic rings. The summed E-state index contributed by atoms with van der Waals surface area (Å²) in [6, 6.07) is 7.52. The van der Waals surface area contributed by atoms with E-state index in [0.29, 0.717) is 11.7 Å². The second-order valence-electron chi connectivity index (χ2n) is 3.79. The molecule has 1 aromatic carbocycles. The van der Waals surface area contributed by atoms with Crippen LogP contribution in [0.5, 0.6) is 0 Å². The first kappa shape index (κ1) is 12.1. The number of pyridine rings is 1. The first-order valence-electron chi connectivity index (χ1n) is 5.27. The fraction of sp³-hybridized carbons (Fsp3) is 0.250. The summed E-state index contributed by atoms with van der Waals surface area (Å²) in [4.78, 5) is 4.00. The highest BCUT2D eigenvalue weighted by molar-refractivity contribution is 6.30. The van der Waals surface area contributed by atoms with Gasteiger partial charge in [-0.3, -0.25) is 0 Å². The average molecular weight is 253 g/mol. The Bertz CT molecular complexity index is 519. The molecule has 3 N–H and O–H groups in total. The highest BCUT2D eigenvalue weighted by Gasteiger charge is 2.02. The number of aliphatic hydroxyl groups excluding tert-OH is 2. The number of rotatable bonds is 4. The van der Waals surface area contributed by atoms with Gasteiger partial charge >= 0.3 is 0 Å². The van der Waals surface area contributed by atoms with E-state index in [4.69, 9.17) is 16.7 Å². The van der Waals surface area contributed by atoms with Crippen LogP contribution in [0, 0.1) is 0 Å². The monoisotopic (exact) mass is 252 g/mol. The van der Waals surface area contributed by atoms with Gasteiger partial charge in [0, 0.05) is 23.8 Å². The van der Waals surface area contributed by atoms with Gasteiger partial charge in [-0.2, -0.15) is 0 Å². The molecule has 2 rings (SSSR count). The number of anilines is 1. The van der Waals surface area contributed by atoms with Crippen LogP contribution in [0.15, 0.2) is 30.5 Å². The fourth-order valence-corrected chi connectivity index (χ4v) is 1.69. The second-order valence-corrected chi connectivity index (χ2v) is 4.17. The summed E-state index contributed by atoms with van der Waals surface area (Å²) in [6.45, 7) is 0.0527. The Morgan fingerprint density at radius 3 is 2.88 bits per heavy atom. The summed E-state index contributed by atoms with van der Waals surface area (Å²) in [5, 5.41) is 23.4. The summed E-state index contributed by atoms with van der Waals surface area (Å²) in [6.07, 6.45) is 0.955. The Hall–Kier alpha value is -1.36. The molecule has 1 heterocycles. The molecule has 0 fully saturated rings. The number of hydrogen-bond acceptors (Lipinski definition) is 4. The number of hydrogen-bond donors (Lipinski definition) is 3. The molecule has 0 aliphatic carbocycles. The first-order chi connectivity index (χ1) is 8.19. The molecule has 4 nitrogen and oxygen atoms in total. The zero-order valence-corrected chi connectivity index (χ0v) is 9.85. The lowest BCUT2D eigenvalue weighted by molar-refractivity contribution is 0.105. The molecule has 0 radical (unpaired) electrons. The third kappa shape index (κ3) is 3.06. The van der Waals surface area contributed by atoms with Gasteiger partial charge in [0.15, 0.2) is 0 Å². The standard InChI is InChI=1S/C12H13ClN2O2/c13-12-4-9-3-10(14-6-11(17)7-16)2-1-8(9)5-15-12/h1-5,11,14,16-17H,6-7H2. The number of nitrogens with one attached hydrogen (secondary N) is 1. The van der Waals surface area contributed by atoms with Crippen LogP contribution in [0.25, 0.3) is 10.8 Å². The number of nitrogens with zero attached hydrogens (tertiary/aromatic N) is 1. The minimum atomic E-state index is -0.758. The van der Waals surface area contributed by atoms with E-state index in [2.05, 4.69) is 10.3 Å². The third-order valence-corrected chi connectivity index (χ3v) is 2.65. The van der Waals surface area contributed by atoms with Crippen molar-refractivity contribution in [3.05, 3.63) is 35.6 Å². The number of fused-ring (bicyclic) bond motifs is 1. The van der Waals surface area contributed by atoms with Crippen molar-refractivity contribution in [2.45, 2.75) is 6.10 Å². The Balaban J connectivity index is 2.19. The van der Waals surface area contributed by atoms with Gasteiger partial charge in [-0.25, -0.2) is 4.98 Å². The summed E-state index contributed by atoms with van der Waals surface area (Å²) in [5.41, 5.74) is 0.868. The maximum atomic E-state index is 9.23. The predicted octanol–water partition coefficient (Wildman–Crippen LogP) is 1.65.